The van der Waals surface area contributed by atoms with Gasteiger partial charge in [0.1, 0.15) is 10.9 Å². The smallest absolute Gasteiger partial charge is 0.244 e. The highest BCUT2D eigenvalue weighted by Crippen LogP contribution is 2.23. The number of carbonyl (C=O) groups is 1. The van der Waals surface area contributed by atoms with E-state index in [0.29, 0.717) is 26.2 Å². The van der Waals surface area contributed by atoms with Crippen molar-refractivity contribution in [1.29, 1.82) is 5.26 Å². The van der Waals surface area contributed by atoms with Crippen molar-refractivity contribution in [3.63, 3.8) is 0 Å². The van der Waals surface area contributed by atoms with E-state index in [2.05, 4.69) is 27.0 Å². The average Bonchev–Trinajstić information content (AvgIpc) is 2.76. The van der Waals surface area contributed by atoms with Crippen LogP contribution in [0.1, 0.15) is 11.6 Å². The highest BCUT2D eigenvalue weighted by atomic mass is 79.9. The number of halogens is 1. The number of benzene rings is 1. The summed E-state index contributed by atoms with van der Waals surface area (Å²) in [4.78, 5) is 20.2. The van der Waals surface area contributed by atoms with E-state index < -0.39 is 10.0 Å². The number of piperazine rings is 1. The van der Waals surface area contributed by atoms with Crippen LogP contribution in [0.3, 0.4) is 0 Å². The first-order valence-corrected chi connectivity index (χ1v) is 11.6. The molecule has 1 atom stereocenters. The Hall–Kier alpha value is -2.32. The van der Waals surface area contributed by atoms with Crippen LogP contribution in [-0.2, 0) is 14.8 Å². The topological polar surface area (TPSA) is 97.6 Å². The Morgan fingerprint density at radius 2 is 1.90 bits per heavy atom. The van der Waals surface area contributed by atoms with E-state index in [0.717, 1.165) is 14.3 Å². The standard InChI is InChI=1S/C20H22BrN5O3S/c1-24(30(28,29)18-3-2-8-23-14-18)15-20(27)26-11-9-25(10-12-26)19(13-22)16-4-6-17(21)7-5-16/h2-8,14,19H,9-12,15H2,1H3/t19-/m0/s1. The maximum absolute atomic E-state index is 12.7. The van der Waals surface area contributed by atoms with Gasteiger partial charge in [0.15, 0.2) is 0 Å². The van der Waals surface area contributed by atoms with Crippen molar-refractivity contribution in [3.05, 3.63) is 58.8 Å². The number of likely N-dealkylation sites (N-methyl/N-ethyl adjacent to an activating group) is 1. The molecule has 0 N–H and O–H groups in total. The fraction of sp³-hybridized carbons (Fsp3) is 0.350. The van der Waals surface area contributed by atoms with Crippen molar-refractivity contribution < 1.29 is 13.2 Å². The Kier molecular flexibility index (Phi) is 7.20. The first-order chi connectivity index (χ1) is 14.3. The highest BCUT2D eigenvalue weighted by Gasteiger charge is 2.29. The van der Waals surface area contributed by atoms with Crippen LogP contribution in [-0.4, -0.2) is 73.2 Å². The molecule has 158 valence electrons. The van der Waals surface area contributed by atoms with Gasteiger partial charge in [-0.15, -0.1) is 0 Å². The number of hydrogen-bond acceptors (Lipinski definition) is 6. The fourth-order valence-electron chi connectivity index (χ4n) is 3.30. The lowest BCUT2D eigenvalue weighted by atomic mass is 10.1. The number of sulfonamides is 1. The van der Waals surface area contributed by atoms with Crippen molar-refractivity contribution in [1.82, 2.24) is 19.1 Å². The Morgan fingerprint density at radius 3 is 2.47 bits per heavy atom. The molecule has 30 heavy (non-hydrogen) atoms. The van der Waals surface area contributed by atoms with Gasteiger partial charge in [0.25, 0.3) is 0 Å². The average molecular weight is 492 g/mol. The van der Waals surface area contributed by atoms with Gasteiger partial charge in [-0.1, -0.05) is 28.1 Å². The number of rotatable bonds is 6. The molecule has 0 radical (unpaired) electrons. The summed E-state index contributed by atoms with van der Waals surface area (Å²) in [6.45, 7) is 1.71. The van der Waals surface area contributed by atoms with E-state index in [-0.39, 0.29) is 23.4 Å². The number of hydrogen-bond donors (Lipinski definition) is 0. The molecule has 0 aliphatic carbocycles. The maximum atomic E-state index is 12.7. The fourth-order valence-corrected chi connectivity index (χ4v) is 4.65. The summed E-state index contributed by atoms with van der Waals surface area (Å²) in [6.07, 6.45) is 2.76. The van der Waals surface area contributed by atoms with E-state index in [1.165, 1.54) is 25.5 Å². The monoisotopic (exact) mass is 491 g/mol. The number of amides is 1. The van der Waals surface area contributed by atoms with Crippen LogP contribution in [0.4, 0.5) is 0 Å². The zero-order valence-corrected chi connectivity index (χ0v) is 18.9. The second kappa shape index (κ2) is 9.66. The molecule has 1 fully saturated rings. The third-order valence-electron chi connectivity index (χ3n) is 5.04. The van der Waals surface area contributed by atoms with Crippen LogP contribution in [0, 0.1) is 11.3 Å². The zero-order chi connectivity index (χ0) is 21.7. The van der Waals surface area contributed by atoms with E-state index in [1.807, 2.05) is 29.2 Å². The summed E-state index contributed by atoms with van der Waals surface area (Å²) in [5.41, 5.74) is 0.905. The molecular weight excluding hydrogens is 470 g/mol. The number of carbonyl (C=O) groups excluding carboxylic acids is 1. The number of nitrogens with zero attached hydrogens (tertiary/aromatic N) is 5. The summed E-state index contributed by atoms with van der Waals surface area (Å²) < 4.78 is 27.1. The second-order valence-electron chi connectivity index (χ2n) is 6.95. The molecule has 1 aliphatic heterocycles. The van der Waals surface area contributed by atoms with Gasteiger partial charge in [-0.25, -0.2) is 8.42 Å². The lowest BCUT2D eigenvalue weighted by Gasteiger charge is -2.37. The van der Waals surface area contributed by atoms with Crippen molar-refractivity contribution in [2.75, 3.05) is 39.8 Å². The Bertz CT molecular complexity index is 1020. The molecular formula is C20H22BrN5O3S. The molecule has 1 saturated heterocycles. The van der Waals surface area contributed by atoms with Crippen LogP contribution >= 0.6 is 15.9 Å². The minimum atomic E-state index is -3.77. The minimum absolute atomic E-state index is 0.0523. The molecule has 1 aromatic heterocycles. The number of pyridine rings is 1. The van der Waals surface area contributed by atoms with Gasteiger partial charge in [0.05, 0.1) is 12.6 Å². The lowest BCUT2D eigenvalue weighted by molar-refractivity contribution is -0.133. The summed E-state index contributed by atoms with van der Waals surface area (Å²) in [6, 6.07) is 12.6. The highest BCUT2D eigenvalue weighted by molar-refractivity contribution is 9.10. The summed E-state index contributed by atoms with van der Waals surface area (Å²) in [5.74, 6) is -0.262. The third kappa shape index (κ3) is 5.05. The molecule has 0 unspecified atom stereocenters. The maximum Gasteiger partial charge on any atom is 0.244 e. The SMILES string of the molecule is CN(CC(=O)N1CCN([C@@H](C#N)c2ccc(Br)cc2)CC1)S(=O)(=O)c1cccnc1. The van der Waals surface area contributed by atoms with Crippen LogP contribution < -0.4 is 0 Å². The van der Waals surface area contributed by atoms with Gasteiger partial charge in [-0.3, -0.25) is 14.7 Å². The molecule has 0 saturated carbocycles. The van der Waals surface area contributed by atoms with E-state index in [9.17, 15) is 18.5 Å². The van der Waals surface area contributed by atoms with Gasteiger partial charge < -0.3 is 4.90 Å². The molecule has 8 nitrogen and oxygen atoms in total. The van der Waals surface area contributed by atoms with Gasteiger partial charge in [-0.05, 0) is 29.8 Å². The molecule has 10 heteroatoms. The van der Waals surface area contributed by atoms with Gasteiger partial charge in [0.2, 0.25) is 15.9 Å². The molecule has 1 aliphatic rings. The first kappa shape index (κ1) is 22.4. The van der Waals surface area contributed by atoms with Crippen molar-refractivity contribution in [2.24, 2.45) is 0 Å². The zero-order valence-electron chi connectivity index (χ0n) is 16.5. The molecule has 2 aromatic rings. The first-order valence-electron chi connectivity index (χ1n) is 9.36. The summed E-state index contributed by atoms with van der Waals surface area (Å²) in [7, 11) is -2.39. The van der Waals surface area contributed by atoms with Crippen molar-refractivity contribution in [3.8, 4) is 6.07 Å². The van der Waals surface area contributed by atoms with Crippen molar-refractivity contribution >= 4 is 31.9 Å². The number of nitriles is 1. The predicted molar refractivity (Wildman–Crippen MR) is 115 cm³/mol. The van der Waals surface area contributed by atoms with E-state index >= 15 is 0 Å². The Balaban J connectivity index is 1.58. The molecule has 1 amide bonds. The van der Waals surface area contributed by atoms with Gasteiger partial charge >= 0.3 is 0 Å². The largest absolute Gasteiger partial charge is 0.339 e. The quantitative estimate of drug-likeness (QED) is 0.611. The van der Waals surface area contributed by atoms with Gasteiger partial charge in [0, 0.05) is 50.1 Å². The molecule has 3 rings (SSSR count). The summed E-state index contributed by atoms with van der Waals surface area (Å²) >= 11 is 3.39. The normalized spacial score (nSPS) is 16.3. The Labute approximate surface area is 184 Å². The third-order valence-corrected chi connectivity index (χ3v) is 7.36. The summed E-state index contributed by atoms with van der Waals surface area (Å²) in [5, 5.41) is 9.63. The molecule has 1 aromatic carbocycles. The van der Waals surface area contributed by atoms with E-state index in [4.69, 9.17) is 0 Å². The number of aromatic nitrogens is 1. The molecule has 2 heterocycles. The van der Waals surface area contributed by atoms with Crippen LogP contribution in [0.2, 0.25) is 0 Å². The predicted octanol–water partition coefficient (Wildman–Crippen LogP) is 1.87. The lowest BCUT2D eigenvalue weighted by Crippen LogP contribution is -2.51. The second-order valence-corrected chi connectivity index (χ2v) is 9.91. The van der Waals surface area contributed by atoms with E-state index in [1.54, 1.807) is 11.0 Å². The van der Waals surface area contributed by atoms with Crippen LogP contribution in [0.25, 0.3) is 0 Å². The Morgan fingerprint density at radius 1 is 1.23 bits per heavy atom. The molecule has 0 spiro atoms. The van der Waals surface area contributed by atoms with Crippen LogP contribution in [0.5, 0.6) is 0 Å². The van der Waals surface area contributed by atoms with Crippen LogP contribution in [0.15, 0.2) is 58.2 Å². The molecule has 0 bridgehead atoms. The minimum Gasteiger partial charge on any atom is -0.339 e. The van der Waals surface area contributed by atoms with Crippen molar-refractivity contribution in [2.45, 2.75) is 10.9 Å². The van der Waals surface area contributed by atoms with Gasteiger partial charge in [-0.2, -0.15) is 9.57 Å².